The lowest BCUT2D eigenvalue weighted by atomic mass is 10.0. The molecule has 0 spiro atoms. The molecule has 1 heterocycles. The number of nitrogens with zero attached hydrogens (tertiary/aromatic N) is 2. The summed E-state index contributed by atoms with van der Waals surface area (Å²) in [4.78, 5) is 8.62. The topological polar surface area (TPSA) is 70.1 Å². The molecule has 0 fully saturated rings. The number of hydrogen-bond donors (Lipinski definition) is 3. The van der Waals surface area contributed by atoms with Crippen molar-refractivity contribution in [2.24, 2.45) is 5.92 Å². The molecule has 0 aliphatic carbocycles. The predicted molar refractivity (Wildman–Crippen MR) is 84.2 cm³/mol. The summed E-state index contributed by atoms with van der Waals surface area (Å²) in [6.45, 7) is 11.8. The largest absolute Gasteiger partial charge is 0.391 e. The maximum Gasteiger partial charge on any atom is 0.135 e. The number of anilines is 2. The molecule has 20 heavy (non-hydrogen) atoms. The first kappa shape index (κ1) is 16.7. The van der Waals surface area contributed by atoms with Crippen LogP contribution in [0.3, 0.4) is 0 Å². The van der Waals surface area contributed by atoms with Crippen molar-refractivity contribution in [3.63, 3.8) is 0 Å². The van der Waals surface area contributed by atoms with Gasteiger partial charge in [-0.1, -0.05) is 27.7 Å². The average Bonchev–Trinajstić information content (AvgIpc) is 2.35. The summed E-state index contributed by atoms with van der Waals surface area (Å²) in [5.41, 5.74) is 1.08. The lowest BCUT2D eigenvalue weighted by Gasteiger charge is -2.19. The number of aliphatic hydroxyl groups is 1. The molecular formula is C15H28N4O. The Balaban J connectivity index is 2.81. The molecule has 1 aromatic heterocycles. The summed E-state index contributed by atoms with van der Waals surface area (Å²) in [6.07, 6.45) is 1.99. The third-order valence-corrected chi connectivity index (χ3v) is 3.05. The summed E-state index contributed by atoms with van der Waals surface area (Å²) < 4.78 is 0. The molecule has 5 nitrogen and oxygen atoms in total. The van der Waals surface area contributed by atoms with E-state index < -0.39 is 0 Å². The zero-order valence-corrected chi connectivity index (χ0v) is 13.3. The Morgan fingerprint density at radius 3 is 2.20 bits per heavy atom. The first-order valence-electron chi connectivity index (χ1n) is 7.46. The Morgan fingerprint density at radius 1 is 1.10 bits per heavy atom. The Hall–Kier alpha value is -1.36. The van der Waals surface area contributed by atoms with Crippen LogP contribution in [0.25, 0.3) is 0 Å². The number of aromatic nitrogens is 2. The molecule has 0 amide bonds. The van der Waals surface area contributed by atoms with Crippen LogP contribution in [0.5, 0.6) is 0 Å². The molecule has 1 atom stereocenters. The predicted octanol–water partition coefficient (Wildman–Crippen LogP) is 2.85. The molecule has 0 bridgehead atoms. The molecule has 114 valence electrons. The van der Waals surface area contributed by atoms with Crippen LogP contribution in [0.2, 0.25) is 0 Å². The van der Waals surface area contributed by atoms with Crippen molar-refractivity contribution in [3.05, 3.63) is 11.9 Å². The summed E-state index contributed by atoms with van der Waals surface area (Å²) >= 11 is 0. The zero-order valence-electron chi connectivity index (χ0n) is 13.3. The van der Waals surface area contributed by atoms with Gasteiger partial charge in [0.1, 0.15) is 18.0 Å². The SMILES string of the molecule is CCNc1ncnc(NCC(O)CC(C)C)c1C(C)C. The molecule has 0 aromatic carbocycles. The van der Waals surface area contributed by atoms with Gasteiger partial charge in [-0.15, -0.1) is 0 Å². The van der Waals surface area contributed by atoms with E-state index >= 15 is 0 Å². The maximum absolute atomic E-state index is 9.96. The molecule has 0 aliphatic rings. The monoisotopic (exact) mass is 280 g/mol. The van der Waals surface area contributed by atoms with Gasteiger partial charge in [-0.3, -0.25) is 0 Å². The van der Waals surface area contributed by atoms with Gasteiger partial charge in [0.05, 0.1) is 6.10 Å². The Labute approximate surface area is 122 Å². The smallest absolute Gasteiger partial charge is 0.135 e. The van der Waals surface area contributed by atoms with E-state index in [4.69, 9.17) is 0 Å². The highest BCUT2D eigenvalue weighted by Crippen LogP contribution is 2.28. The lowest BCUT2D eigenvalue weighted by molar-refractivity contribution is 0.161. The van der Waals surface area contributed by atoms with Crippen molar-refractivity contribution in [2.45, 2.75) is 53.1 Å². The fourth-order valence-electron chi connectivity index (χ4n) is 2.23. The van der Waals surface area contributed by atoms with E-state index in [2.05, 4.69) is 48.3 Å². The molecule has 3 N–H and O–H groups in total. The van der Waals surface area contributed by atoms with Gasteiger partial charge in [-0.05, 0) is 25.2 Å². The van der Waals surface area contributed by atoms with E-state index in [1.54, 1.807) is 6.33 Å². The van der Waals surface area contributed by atoms with E-state index in [1.807, 2.05) is 6.92 Å². The fraction of sp³-hybridized carbons (Fsp3) is 0.733. The number of aliphatic hydroxyl groups excluding tert-OH is 1. The van der Waals surface area contributed by atoms with E-state index in [0.717, 1.165) is 30.2 Å². The normalized spacial score (nSPS) is 12.8. The molecule has 1 rings (SSSR count). The Bertz CT molecular complexity index is 407. The third kappa shape index (κ3) is 4.96. The van der Waals surface area contributed by atoms with Crippen LogP contribution in [-0.2, 0) is 0 Å². The summed E-state index contributed by atoms with van der Waals surface area (Å²) in [6, 6.07) is 0. The van der Waals surface area contributed by atoms with Crippen molar-refractivity contribution >= 4 is 11.6 Å². The molecule has 0 radical (unpaired) electrons. The minimum atomic E-state index is -0.354. The van der Waals surface area contributed by atoms with E-state index in [0.29, 0.717) is 18.4 Å². The number of hydrogen-bond acceptors (Lipinski definition) is 5. The highest BCUT2D eigenvalue weighted by atomic mass is 16.3. The van der Waals surface area contributed by atoms with Crippen LogP contribution in [0, 0.1) is 5.92 Å². The molecular weight excluding hydrogens is 252 g/mol. The number of rotatable bonds is 8. The lowest BCUT2D eigenvalue weighted by Crippen LogP contribution is -2.23. The Kier molecular flexibility index (Phi) is 6.71. The highest BCUT2D eigenvalue weighted by Gasteiger charge is 2.15. The van der Waals surface area contributed by atoms with E-state index in [1.165, 1.54) is 0 Å². The van der Waals surface area contributed by atoms with Crippen molar-refractivity contribution in [1.29, 1.82) is 0 Å². The first-order valence-corrected chi connectivity index (χ1v) is 7.46. The van der Waals surface area contributed by atoms with Gasteiger partial charge in [0.2, 0.25) is 0 Å². The summed E-state index contributed by atoms with van der Waals surface area (Å²) in [7, 11) is 0. The van der Waals surface area contributed by atoms with Crippen molar-refractivity contribution in [3.8, 4) is 0 Å². The van der Waals surface area contributed by atoms with Gasteiger partial charge < -0.3 is 15.7 Å². The molecule has 1 unspecified atom stereocenters. The molecule has 5 heteroatoms. The third-order valence-electron chi connectivity index (χ3n) is 3.05. The fourth-order valence-corrected chi connectivity index (χ4v) is 2.23. The number of nitrogens with one attached hydrogen (secondary N) is 2. The van der Waals surface area contributed by atoms with Crippen molar-refractivity contribution in [1.82, 2.24) is 9.97 Å². The van der Waals surface area contributed by atoms with Crippen LogP contribution in [-0.4, -0.2) is 34.3 Å². The van der Waals surface area contributed by atoms with Crippen LogP contribution in [0.15, 0.2) is 6.33 Å². The molecule has 1 aromatic rings. The van der Waals surface area contributed by atoms with Gasteiger partial charge in [-0.2, -0.15) is 0 Å². The minimum Gasteiger partial charge on any atom is -0.391 e. The standard InChI is InChI=1S/C15H28N4O/c1-6-16-14-13(11(4)5)15(19-9-18-14)17-8-12(20)7-10(2)3/h9-12,20H,6-8H2,1-5H3,(H2,16,17,18,19). The molecule has 0 aliphatic heterocycles. The summed E-state index contributed by atoms with van der Waals surface area (Å²) in [5, 5.41) is 16.5. The second kappa shape index (κ2) is 8.04. The van der Waals surface area contributed by atoms with Gasteiger partial charge in [0.15, 0.2) is 0 Å². The second-order valence-electron chi connectivity index (χ2n) is 5.83. The van der Waals surface area contributed by atoms with Crippen LogP contribution in [0.1, 0.15) is 52.5 Å². The second-order valence-corrected chi connectivity index (χ2v) is 5.83. The van der Waals surface area contributed by atoms with Crippen molar-refractivity contribution < 1.29 is 5.11 Å². The van der Waals surface area contributed by atoms with Crippen LogP contribution < -0.4 is 10.6 Å². The highest BCUT2D eigenvalue weighted by molar-refractivity contribution is 5.59. The quantitative estimate of drug-likeness (QED) is 0.683. The minimum absolute atomic E-state index is 0.315. The van der Waals surface area contributed by atoms with Crippen LogP contribution >= 0.6 is 0 Å². The van der Waals surface area contributed by atoms with Gasteiger partial charge in [0, 0.05) is 18.7 Å². The van der Waals surface area contributed by atoms with E-state index in [9.17, 15) is 5.11 Å². The van der Waals surface area contributed by atoms with E-state index in [-0.39, 0.29) is 6.10 Å². The van der Waals surface area contributed by atoms with Gasteiger partial charge in [-0.25, -0.2) is 9.97 Å². The van der Waals surface area contributed by atoms with Gasteiger partial charge >= 0.3 is 0 Å². The zero-order chi connectivity index (χ0) is 15.1. The summed E-state index contributed by atoms with van der Waals surface area (Å²) in [5.74, 6) is 2.49. The average molecular weight is 280 g/mol. The molecule has 0 saturated carbocycles. The first-order chi connectivity index (χ1) is 9.45. The molecule has 0 saturated heterocycles. The Morgan fingerprint density at radius 2 is 1.70 bits per heavy atom. The van der Waals surface area contributed by atoms with Crippen molar-refractivity contribution in [2.75, 3.05) is 23.7 Å². The van der Waals surface area contributed by atoms with Crippen LogP contribution in [0.4, 0.5) is 11.6 Å². The maximum atomic E-state index is 9.96. The van der Waals surface area contributed by atoms with Gasteiger partial charge in [0.25, 0.3) is 0 Å².